The molecule has 1 N–H and O–H groups in total. The lowest BCUT2D eigenvalue weighted by Gasteiger charge is -2.32. The fourth-order valence-corrected chi connectivity index (χ4v) is 4.42. The number of esters is 1. The lowest BCUT2D eigenvalue weighted by atomic mass is 9.85. The van der Waals surface area contributed by atoms with Gasteiger partial charge in [0.25, 0.3) is 0 Å². The van der Waals surface area contributed by atoms with Crippen molar-refractivity contribution in [3.63, 3.8) is 0 Å². The first-order valence-corrected chi connectivity index (χ1v) is 9.31. The Morgan fingerprint density at radius 2 is 2.00 bits per heavy atom. The molecule has 0 unspecified atom stereocenters. The monoisotopic (exact) mass is 360 g/mol. The van der Waals surface area contributed by atoms with E-state index in [1.807, 2.05) is 30.0 Å². The molecule has 1 heterocycles. The van der Waals surface area contributed by atoms with Gasteiger partial charge in [-0.05, 0) is 49.8 Å². The zero-order valence-corrected chi connectivity index (χ0v) is 15.8. The number of hydrogen-bond donors (Lipinski definition) is 1. The molecule has 3 rings (SSSR count). The zero-order chi connectivity index (χ0) is 18.7. The van der Waals surface area contributed by atoms with Gasteiger partial charge in [0.1, 0.15) is 11.8 Å². The lowest BCUT2D eigenvalue weighted by molar-refractivity contribution is -0.146. The lowest BCUT2D eigenvalue weighted by Crippen LogP contribution is -2.46. The summed E-state index contributed by atoms with van der Waals surface area (Å²) in [5, 5.41) is 2.94. The number of hydrogen-bond acceptors (Lipinski definition) is 5. The van der Waals surface area contributed by atoms with Crippen LogP contribution in [0.25, 0.3) is 0 Å². The van der Waals surface area contributed by atoms with Crippen LogP contribution in [0, 0.1) is 12.8 Å². The number of ether oxygens (including phenoxy) is 2. The number of rotatable bonds is 5. The van der Waals surface area contributed by atoms with Gasteiger partial charge >= 0.3 is 5.97 Å². The molecule has 0 radical (unpaired) electrons. The highest BCUT2D eigenvalue weighted by molar-refractivity contribution is 5.94. The van der Waals surface area contributed by atoms with Gasteiger partial charge in [0, 0.05) is 6.04 Å². The maximum absolute atomic E-state index is 12.7. The van der Waals surface area contributed by atoms with E-state index in [0.29, 0.717) is 17.4 Å². The van der Waals surface area contributed by atoms with Crippen molar-refractivity contribution in [3.05, 3.63) is 23.8 Å². The maximum atomic E-state index is 12.7. The quantitative estimate of drug-likeness (QED) is 0.818. The largest absolute Gasteiger partial charge is 0.495 e. The molecule has 6 nitrogen and oxygen atoms in total. The Labute approximate surface area is 154 Å². The van der Waals surface area contributed by atoms with Crippen LogP contribution >= 0.6 is 0 Å². The van der Waals surface area contributed by atoms with Gasteiger partial charge in [0.15, 0.2) is 0 Å². The Hall–Kier alpha value is -2.08. The van der Waals surface area contributed by atoms with Gasteiger partial charge in [-0.25, -0.2) is 0 Å². The third-order valence-electron chi connectivity index (χ3n) is 5.65. The first-order valence-electron chi connectivity index (χ1n) is 9.31. The Bertz CT molecular complexity index is 676. The summed E-state index contributed by atoms with van der Waals surface area (Å²) in [5.41, 5.74) is 1.70. The Morgan fingerprint density at radius 1 is 1.23 bits per heavy atom. The molecule has 0 bridgehead atoms. The van der Waals surface area contributed by atoms with Crippen molar-refractivity contribution >= 4 is 17.6 Å². The second-order valence-electron chi connectivity index (χ2n) is 7.31. The number of fused-ring (bicyclic) bond motifs is 1. The summed E-state index contributed by atoms with van der Waals surface area (Å²) >= 11 is 0. The number of aryl methyl sites for hydroxylation is 1. The van der Waals surface area contributed by atoms with Gasteiger partial charge < -0.3 is 14.8 Å². The highest BCUT2D eigenvalue weighted by atomic mass is 16.5. The number of amides is 1. The molecule has 0 aromatic heterocycles. The summed E-state index contributed by atoms with van der Waals surface area (Å²) in [7, 11) is 3.00. The SMILES string of the molecule is COC(=O)[C@@H]1C[C@@H]2CCCC[C@H]2N1CC(=O)Nc1cc(C)ccc1OC. The topological polar surface area (TPSA) is 67.9 Å². The Morgan fingerprint density at radius 3 is 2.73 bits per heavy atom. The molecule has 26 heavy (non-hydrogen) atoms. The second kappa shape index (κ2) is 8.08. The van der Waals surface area contributed by atoms with Gasteiger partial charge in [-0.2, -0.15) is 0 Å². The Kier molecular flexibility index (Phi) is 5.81. The predicted molar refractivity (Wildman–Crippen MR) is 99.2 cm³/mol. The molecule has 6 heteroatoms. The third-order valence-corrected chi connectivity index (χ3v) is 5.65. The van der Waals surface area contributed by atoms with E-state index >= 15 is 0 Å². The van der Waals surface area contributed by atoms with Crippen LogP contribution in [-0.4, -0.2) is 49.6 Å². The molecule has 3 atom stereocenters. The minimum Gasteiger partial charge on any atom is -0.495 e. The molecule has 0 spiro atoms. The van der Waals surface area contributed by atoms with E-state index in [1.54, 1.807) is 7.11 Å². The van der Waals surface area contributed by atoms with Crippen molar-refractivity contribution in [2.45, 2.75) is 51.1 Å². The van der Waals surface area contributed by atoms with Crippen LogP contribution in [-0.2, 0) is 14.3 Å². The summed E-state index contributed by atoms with van der Waals surface area (Å²) in [6.07, 6.45) is 5.31. The fraction of sp³-hybridized carbons (Fsp3) is 0.600. The minimum absolute atomic E-state index is 0.131. The molecule has 1 amide bonds. The molecule has 1 aromatic carbocycles. The van der Waals surface area contributed by atoms with Gasteiger partial charge in [-0.3, -0.25) is 14.5 Å². The Balaban J connectivity index is 1.73. The van der Waals surface area contributed by atoms with Gasteiger partial charge in [0.2, 0.25) is 5.91 Å². The van der Waals surface area contributed by atoms with E-state index in [2.05, 4.69) is 5.32 Å². The van der Waals surface area contributed by atoms with Crippen molar-refractivity contribution in [2.24, 2.45) is 5.92 Å². The molecule has 2 fully saturated rings. The third kappa shape index (κ3) is 3.85. The number of nitrogens with zero attached hydrogens (tertiary/aromatic N) is 1. The number of methoxy groups -OCH3 is 2. The van der Waals surface area contributed by atoms with Gasteiger partial charge in [-0.15, -0.1) is 0 Å². The number of benzene rings is 1. The van der Waals surface area contributed by atoms with Gasteiger partial charge in [0.05, 0.1) is 26.5 Å². The normalized spacial score (nSPS) is 25.4. The van der Waals surface area contributed by atoms with E-state index in [9.17, 15) is 9.59 Å². The van der Waals surface area contributed by atoms with Crippen LogP contribution in [0.1, 0.15) is 37.7 Å². The van der Waals surface area contributed by atoms with Crippen LogP contribution in [0.3, 0.4) is 0 Å². The average Bonchev–Trinajstić information content (AvgIpc) is 3.00. The number of carbonyl (C=O) groups excluding carboxylic acids is 2. The average molecular weight is 360 g/mol. The predicted octanol–water partition coefficient (Wildman–Crippen LogP) is 2.75. The standard InChI is InChI=1S/C20H28N2O4/c1-13-8-9-18(25-2)15(10-13)21-19(23)12-22-16-7-5-4-6-14(16)11-17(22)20(24)26-3/h8-10,14,16-17H,4-7,11-12H2,1-3H3,(H,21,23)/t14-,16+,17-/m0/s1. The van der Waals surface area contributed by atoms with Crippen LogP contribution in [0.15, 0.2) is 18.2 Å². The minimum atomic E-state index is -0.321. The van der Waals surface area contributed by atoms with E-state index in [0.717, 1.165) is 31.2 Å². The summed E-state index contributed by atoms with van der Waals surface area (Å²) in [4.78, 5) is 27.0. The van der Waals surface area contributed by atoms with Crippen LogP contribution in [0.5, 0.6) is 5.75 Å². The van der Waals surface area contributed by atoms with Crippen molar-refractivity contribution < 1.29 is 19.1 Å². The highest BCUT2D eigenvalue weighted by Gasteiger charge is 2.46. The summed E-state index contributed by atoms with van der Waals surface area (Å²) < 4.78 is 10.3. The summed E-state index contributed by atoms with van der Waals surface area (Å²) in [5.74, 6) is 0.744. The molecule has 142 valence electrons. The van der Waals surface area contributed by atoms with E-state index in [4.69, 9.17) is 9.47 Å². The fourth-order valence-electron chi connectivity index (χ4n) is 4.42. The number of nitrogens with one attached hydrogen (secondary N) is 1. The molecular formula is C20H28N2O4. The van der Waals surface area contributed by atoms with E-state index < -0.39 is 0 Å². The molecule has 1 saturated carbocycles. The van der Waals surface area contributed by atoms with Crippen molar-refractivity contribution in [2.75, 3.05) is 26.1 Å². The number of carbonyl (C=O) groups is 2. The van der Waals surface area contributed by atoms with Gasteiger partial charge in [-0.1, -0.05) is 18.9 Å². The zero-order valence-electron chi connectivity index (χ0n) is 15.8. The molecule has 1 aliphatic heterocycles. The molecule has 1 aromatic rings. The van der Waals surface area contributed by atoms with Crippen molar-refractivity contribution in [3.8, 4) is 5.75 Å². The van der Waals surface area contributed by atoms with Crippen LogP contribution in [0.2, 0.25) is 0 Å². The number of anilines is 1. The maximum Gasteiger partial charge on any atom is 0.323 e. The van der Waals surface area contributed by atoms with Crippen molar-refractivity contribution in [1.29, 1.82) is 0 Å². The summed E-state index contributed by atoms with van der Waals surface area (Å²) in [6, 6.07) is 5.64. The second-order valence-corrected chi connectivity index (χ2v) is 7.31. The molecule has 1 aliphatic carbocycles. The first kappa shape index (κ1) is 18.7. The van der Waals surface area contributed by atoms with Crippen LogP contribution in [0.4, 0.5) is 5.69 Å². The smallest absolute Gasteiger partial charge is 0.323 e. The molecule has 1 saturated heterocycles. The number of likely N-dealkylation sites (tertiary alicyclic amines) is 1. The van der Waals surface area contributed by atoms with Crippen LogP contribution < -0.4 is 10.1 Å². The first-order chi connectivity index (χ1) is 12.5. The molecule has 2 aliphatic rings. The van der Waals surface area contributed by atoms with E-state index in [-0.39, 0.29) is 30.5 Å². The molecular weight excluding hydrogens is 332 g/mol. The van der Waals surface area contributed by atoms with E-state index in [1.165, 1.54) is 13.5 Å². The highest BCUT2D eigenvalue weighted by Crippen LogP contribution is 2.40. The van der Waals surface area contributed by atoms with Crippen molar-refractivity contribution in [1.82, 2.24) is 4.90 Å². The summed E-state index contributed by atoms with van der Waals surface area (Å²) in [6.45, 7) is 2.16.